The fourth-order valence-corrected chi connectivity index (χ4v) is 4.70. The molecule has 1 unspecified atom stereocenters. The molecule has 12 heteroatoms. The Hall–Kier alpha value is -3.09. The number of H-pyrrole nitrogens is 1. The summed E-state index contributed by atoms with van der Waals surface area (Å²) in [6.45, 7) is 2.76. The van der Waals surface area contributed by atoms with Gasteiger partial charge in [-0.05, 0) is 19.1 Å². The van der Waals surface area contributed by atoms with Crippen molar-refractivity contribution in [2.24, 2.45) is 10.7 Å². The molecule has 0 aliphatic carbocycles. The summed E-state index contributed by atoms with van der Waals surface area (Å²) >= 11 is 1.43. The summed E-state index contributed by atoms with van der Waals surface area (Å²) in [6.07, 6.45) is 2.72. The minimum Gasteiger partial charge on any atom is -0.390 e. The first-order valence-electron chi connectivity index (χ1n) is 9.70. The number of aromatic amines is 1. The van der Waals surface area contributed by atoms with Crippen LogP contribution in [0.1, 0.15) is 17.9 Å². The van der Waals surface area contributed by atoms with Gasteiger partial charge in [-0.15, -0.1) is 11.8 Å². The second-order valence-corrected chi connectivity index (χ2v) is 9.50. The van der Waals surface area contributed by atoms with Crippen LogP contribution in [0.3, 0.4) is 0 Å². The SMILES string of the molecule is CC(SCC(=O)NCCNc1cccc2c(S(=O)(=O)O)cccc12)c1nc[nH]c1/N=C\N. The van der Waals surface area contributed by atoms with Crippen molar-refractivity contribution >= 4 is 56.4 Å². The fourth-order valence-electron chi connectivity index (χ4n) is 3.16. The molecule has 0 spiro atoms. The summed E-state index contributed by atoms with van der Waals surface area (Å²) in [7, 11) is -4.33. The second-order valence-electron chi connectivity index (χ2n) is 6.78. The van der Waals surface area contributed by atoms with Crippen LogP contribution in [0.5, 0.6) is 0 Å². The van der Waals surface area contributed by atoms with Gasteiger partial charge in [0.25, 0.3) is 10.1 Å². The standard InChI is InChI=1S/C20H24N6O4S2/c1-13(19-20(24-11-21)26-12-25-19)31-10-18(27)23-9-8-22-16-6-2-5-15-14(16)4-3-7-17(15)32(28,29)30/h2-7,11-13,22H,8-10H2,1H3,(H2,21,24)(H,23,27)(H,25,26)(H,28,29,30). The summed E-state index contributed by atoms with van der Waals surface area (Å²) in [5, 5.41) is 7.07. The van der Waals surface area contributed by atoms with Crippen LogP contribution in [0.15, 0.2) is 52.6 Å². The molecule has 0 aliphatic heterocycles. The van der Waals surface area contributed by atoms with Crippen LogP contribution in [0, 0.1) is 0 Å². The van der Waals surface area contributed by atoms with Gasteiger partial charge in [0, 0.05) is 34.8 Å². The molecule has 6 N–H and O–H groups in total. The molecule has 2 aromatic carbocycles. The molecule has 3 rings (SSSR count). The molecule has 1 amide bonds. The lowest BCUT2D eigenvalue weighted by Crippen LogP contribution is -2.30. The highest BCUT2D eigenvalue weighted by atomic mass is 32.2. The molecule has 0 aliphatic rings. The van der Waals surface area contributed by atoms with E-state index in [-0.39, 0.29) is 21.8 Å². The Morgan fingerprint density at radius 2 is 2.03 bits per heavy atom. The largest absolute Gasteiger partial charge is 0.390 e. The molecule has 1 aromatic heterocycles. The smallest absolute Gasteiger partial charge is 0.295 e. The maximum absolute atomic E-state index is 12.2. The van der Waals surface area contributed by atoms with Gasteiger partial charge in [-0.2, -0.15) is 8.42 Å². The molecule has 32 heavy (non-hydrogen) atoms. The summed E-state index contributed by atoms with van der Waals surface area (Å²) in [6, 6.07) is 9.83. The van der Waals surface area contributed by atoms with Crippen molar-refractivity contribution in [3.8, 4) is 0 Å². The highest BCUT2D eigenvalue weighted by Gasteiger charge is 2.16. The monoisotopic (exact) mass is 476 g/mol. The number of imidazole rings is 1. The van der Waals surface area contributed by atoms with E-state index >= 15 is 0 Å². The molecule has 0 saturated heterocycles. The number of aromatic nitrogens is 2. The fraction of sp³-hybridized carbons (Fsp3) is 0.250. The molecule has 170 valence electrons. The van der Waals surface area contributed by atoms with Gasteiger partial charge < -0.3 is 21.4 Å². The van der Waals surface area contributed by atoms with Gasteiger partial charge in [0.05, 0.1) is 24.1 Å². The quantitative estimate of drug-likeness (QED) is 0.129. The number of aliphatic imine (C=N–C) groups is 1. The van der Waals surface area contributed by atoms with Crippen LogP contribution >= 0.6 is 11.8 Å². The number of rotatable bonds is 10. The third-order valence-corrected chi connectivity index (χ3v) is 6.69. The number of amides is 1. The Bertz CT molecular complexity index is 1230. The molecule has 10 nitrogen and oxygen atoms in total. The first-order valence-corrected chi connectivity index (χ1v) is 12.2. The van der Waals surface area contributed by atoms with E-state index < -0.39 is 10.1 Å². The molecule has 0 fully saturated rings. The number of benzene rings is 2. The van der Waals surface area contributed by atoms with Gasteiger partial charge in [-0.1, -0.05) is 24.3 Å². The minimum absolute atomic E-state index is 0.0449. The number of nitrogens with two attached hydrogens (primary N) is 1. The first kappa shape index (κ1) is 23.6. The summed E-state index contributed by atoms with van der Waals surface area (Å²) in [5.74, 6) is 0.713. The summed E-state index contributed by atoms with van der Waals surface area (Å²) in [5.41, 5.74) is 6.76. The zero-order valence-electron chi connectivity index (χ0n) is 17.3. The second kappa shape index (κ2) is 10.5. The normalized spacial score (nSPS) is 12.8. The van der Waals surface area contributed by atoms with Gasteiger partial charge in [0.15, 0.2) is 5.82 Å². The van der Waals surface area contributed by atoms with Crippen molar-refractivity contribution in [3.05, 3.63) is 48.4 Å². The Labute approximate surface area is 189 Å². The van der Waals surface area contributed by atoms with Crippen molar-refractivity contribution in [3.63, 3.8) is 0 Å². The highest BCUT2D eigenvalue weighted by Crippen LogP contribution is 2.32. The topological polar surface area (TPSA) is 163 Å². The van der Waals surface area contributed by atoms with Crippen LogP contribution in [-0.2, 0) is 14.9 Å². The highest BCUT2D eigenvalue weighted by molar-refractivity contribution is 8.00. The zero-order chi connectivity index (χ0) is 23.1. The van der Waals surface area contributed by atoms with Crippen molar-refractivity contribution in [1.82, 2.24) is 15.3 Å². The van der Waals surface area contributed by atoms with Crippen LogP contribution in [0.2, 0.25) is 0 Å². The minimum atomic E-state index is -4.33. The third-order valence-electron chi connectivity index (χ3n) is 4.62. The van der Waals surface area contributed by atoms with Gasteiger partial charge in [-0.25, -0.2) is 9.98 Å². The van der Waals surface area contributed by atoms with Crippen molar-refractivity contribution in [1.29, 1.82) is 0 Å². The number of nitrogens with one attached hydrogen (secondary N) is 3. The third kappa shape index (κ3) is 5.78. The Morgan fingerprint density at radius 3 is 2.78 bits per heavy atom. The molecule has 1 heterocycles. The number of hydrogen-bond donors (Lipinski definition) is 5. The predicted molar refractivity (Wildman–Crippen MR) is 127 cm³/mol. The number of fused-ring (bicyclic) bond motifs is 1. The van der Waals surface area contributed by atoms with Crippen molar-refractivity contribution < 1.29 is 17.8 Å². The van der Waals surface area contributed by atoms with E-state index in [1.807, 2.05) is 6.92 Å². The lowest BCUT2D eigenvalue weighted by Gasteiger charge is -2.13. The molecule has 1 atom stereocenters. The Kier molecular flexibility index (Phi) is 7.72. The molecule has 3 aromatic rings. The molecular weight excluding hydrogens is 452 g/mol. The van der Waals surface area contributed by atoms with E-state index in [2.05, 4.69) is 25.6 Å². The average molecular weight is 477 g/mol. The Morgan fingerprint density at radius 1 is 1.28 bits per heavy atom. The molecule has 0 radical (unpaired) electrons. The van der Waals surface area contributed by atoms with Crippen molar-refractivity contribution in [2.75, 3.05) is 24.2 Å². The number of anilines is 1. The van der Waals surface area contributed by atoms with E-state index in [1.165, 1.54) is 30.5 Å². The number of thioether (sulfide) groups is 1. The summed E-state index contributed by atoms with van der Waals surface area (Å²) < 4.78 is 32.6. The number of nitrogens with zero attached hydrogens (tertiary/aromatic N) is 2. The Balaban J connectivity index is 1.51. The van der Waals surface area contributed by atoms with Gasteiger partial charge in [-0.3, -0.25) is 9.35 Å². The lowest BCUT2D eigenvalue weighted by atomic mass is 10.1. The number of carbonyl (C=O) groups is 1. The van der Waals surface area contributed by atoms with E-state index in [4.69, 9.17) is 5.73 Å². The van der Waals surface area contributed by atoms with Crippen LogP contribution < -0.4 is 16.4 Å². The van der Waals surface area contributed by atoms with E-state index in [1.54, 1.807) is 30.3 Å². The maximum Gasteiger partial charge on any atom is 0.295 e. The number of carbonyl (C=O) groups excluding carboxylic acids is 1. The molecule has 0 bridgehead atoms. The van der Waals surface area contributed by atoms with E-state index in [0.29, 0.717) is 35.4 Å². The van der Waals surface area contributed by atoms with Crippen LogP contribution in [0.4, 0.5) is 11.5 Å². The van der Waals surface area contributed by atoms with Crippen molar-refractivity contribution in [2.45, 2.75) is 17.1 Å². The van der Waals surface area contributed by atoms with Gasteiger partial charge in [0.1, 0.15) is 4.90 Å². The lowest BCUT2D eigenvalue weighted by molar-refractivity contribution is -0.118. The maximum atomic E-state index is 12.2. The van der Waals surface area contributed by atoms with Gasteiger partial charge >= 0.3 is 0 Å². The van der Waals surface area contributed by atoms with Gasteiger partial charge in [0.2, 0.25) is 5.91 Å². The average Bonchev–Trinajstić information content (AvgIpc) is 3.22. The first-order chi connectivity index (χ1) is 15.3. The zero-order valence-corrected chi connectivity index (χ0v) is 18.9. The van der Waals surface area contributed by atoms with Crippen LogP contribution in [-0.4, -0.2) is 54.0 Å². The van der Waals surface area contributed by atoms with E-state index in [9.17, 15) is 17.8 Å². The summed E-state index contributed by atoms with van der Waals surface area (Å²) in [4.78, 5) is 23.2. The number of hydrogen-bond acceptors (Lipinski definition) is 7. The molecule has 0 saturated carbocycles. The molecular formula is C20H24N6O4S2. The predicted octanol–water partition coefficient (Wildman–Crippen LogP) is 2.45. The van der Waals surface area contributed by atoms with Crippen LogP contribution in [0.25, 0.3) is 10.8 Å². The van der Waals surface area contributed by atoms with E-state index in [0.717, 1.165) is 5.69 Å².